The minimum absolute atomic E-state index is 0. The van der Waals surface area contributed by atoms with Crippen molar-refractivity contribution in [1.29, 1.82) is 0 Å². The smallest absolute Gasteiger partial charge is 0.175 e. The summed E-state index contributed by atoms with van der Waals surface area (Å²) in [6.45, 7) is 0. The van der Waals surface area contributed by atoms with Gasteiger partial charge in [-0.3, -0.25) is 0 Å². The Hall–Kier alpha value is -5.46. The van der Waals surface area contributed by atoms with E-state index in [4.69, 9.17) is 0 Å². The third-order valence-electron chi connectivity index (χ3n) is 3.06. The summed E-state index contributed by atoms with van der Waals surface area (Å²) in [6.07, 6.45) is 0. The van der Waals surface area contributed by atoms with Gasteiger partial charge in [-0.15, -0.1) is 61.4 Å². The molecule has 0 aliphatic carbocycles. The van der Waals surface area contributed by atoms with E-state index in [9.17, 15) is 0 Å². The van der Waals surface area contributed by atoms with Crippen molar-refractivity contribution in [1.82, 2.24) is 21.3 Å². The Morgan fingerprint density at radius 2 is 0.727 bits per heavy atom. The Bertz CT molecular complexity index is 1080. The monoisotopic (exact) mass is 493 g/mol. The molecule has 163 valence electrons. The fourth-order valence-electron chi connectivity index (χ4n) is 1.82. The van der Waals surface area contributed by atoms with Gasteiger partial charge in [0.05, 0.1) is 0 Å². The van der Waals surface area contributed by atoms with Crippen LogP contribution in [0.2, 0.25) is 0 Å². The molecule has 0 saturated heterocycles. The molecule has 26 nitrogen and oxygen atoms in total. The van der Waals surface area contributed by atoms with Gasteiger partial charge in [-0.1, -0.05) is 0 Å². The van der Waals surface area contributed by atoms with Gasteiger partial charge in [0.1, 0.15) is 0 Å². The third kappa shape index (κ3) is 4.51. The number of rotatable bonds is 2. The molecule has 0 saturated carbocycles. The minimum atomic E-state index is 0. The number of hydrogen-bond donors (Lipinski definition) is 2. The van der Waals surface area contributed by atoms with Crippen LogP contribution in [0, 0.1) is 0 Å². The normalized spacial score (nSPS) is 20.4. The van der Waals surface area contributed by atoms with Gasteiger partial charge in [-0.25, -0.2) is 0 Å². The summed E-state index contributed by atoms with van der Waals surface area (Å²) >= 11 is 0. The molecule has 0 unspecified atom stereocenters. The van der Waals surface area contributed by atoms with Gasteiger partial charge in [0, 0.05) is 17.1 Å². The first-order valence-corrected chi connectivity index (χ1v) is 7.73. The van der Waals surface area contributed by atoms with Crippen LogP contribution >= 0.6 is 0 Å². The van der Waals surface area contributed by atoms with Crippen molar-refractivity contribution in [3.05, 3.63) is 34.9 Å². The van der Waals surface area contributed by atoms with Crippen LogP contribution in [0.15, 0.2) is 149 Å². The maximum Gasteiger partial charge on any atom is 0.248 e. The van der Waals surface area contributed by atoms with E-state index in [1.54, 1.807) is 0 Å². The van der Waals surface area contributed by atoms with Gasteiger partial charge < -0.3 is 0 Å². The molecule has 0 amide bonds. The van der Waals surface area contributed by atoms with Gasteiger partial charge >= 0.3 is 0 Å². The second kappa shape index (κ2) is 9.57. The van der Waals surface area contributed by atoms with Gasteiger partial charge in [0.25, 0.3) is 0 Å². The Morgan fingerprint density at radius 3 is 1.06 bits per heavy atom. The van der Waals surface area contributed by atoms with E-state index in [-0.39, 0.29) is 52.0 Å². The van der Waals surface area contributed by atoms with Crippen LogP contribution in [0.4, 0.5) is 0 Å². The van der Waals surface area contributed by atoms with E-state index in [2.05, 4.69) is 125 Å². The summed E-state index contributed by atoms with van der Waals surface area (Å²) in [6, 6.07) is 0. The number of nitrogens with one attached hydrogen (secondary N) is 2. The first-order valence-electron chi connectivity index (χ1n) is 7.73. The second-order valence-electron chi connectivity index (χ2n) is 4.86. The average Bonchev–Trinajstić information content (AvgIpc) is 3.67. The Labute approximate surface area is 187 Å². The molecule has 0 atom stereocenters. The zero-order valence-corrected chi connectivity index (χ0v) is 16.3. The van der Waals surface area contributed by atoms with Crippen molar-refractivity contribution in [2.75, 3.05) is 0 Å². The summed E-state index contributed by atoms with van der Waals surface area (Å²) in [7, 11) is 0. The fraction of sp³-hybridized carbons (Fsp3) is 0. The first kappa shape index (κ1) is 20.8. The molecular formula is C6H2MnN26. The predicted octanol–water partition coefficient (Wildman–Crippen LogP) is 3.34. The molecule has 2 N–H and O–H groups in total. The van der Waals surface area contributed by atoms with Crippen LogP contribution in [0.3, 0.4) is 0 Å². The quantitative estimate of drug-likeness (QED) is 0.431. The van der Waals surface area contributed by atoms with Crippen LogP contribution in [0.1, 0.15) is 0 Å². The van der Waals surface area contributed by atoms with Crippen molar-refractivity contribution >= 4 is 0 Å². The molecule has 6 aliphatic heterocycles. The van der Waals surface area contributed by atoms with E-state index >= 15 is 0 Å². The largest absolute Gasteiger partial charge is 0.248 e. The molecule has 0 fully saturated rings. The van der Waals surface area contributed by atoms with E-state index < -0.39 is 0 Å². The minimum Gasteiger partial charge on any atom is -0.175 e. The first-order chi connectivity index (χ1) is 15.9. The van der Waals surface area contributed by atoms with Crippen LogP contribution in [-0.2, 0) is 17.1 Å². The molecule has 6 aliphatic rings. The standard InChI is InChI=1S/C4H2N18.C2N8.Mn/c5-1(6-12-11-5)3-9-15-17-21(3)19-20-22-4(10-16-18-22)2-7-13-14-8-2;3-1(4-8-7-3)2-5-9-10-6-2;/h(H,9,17)(H,10,18);;. The Morgan fingerprint density at radius 1 is 0.424 bits per heavy atom. The molecule has 6 heterocycles. The van der Waals surface area contributed by atoms with Crippen molar-refractivity contribution in [2.45, 2.75) is 0 Å². The van der Waals surface area contributed by atoms with Crippen LogP contribution in [0.5, 0.6) is 0 Å². The number of hydrogen-bond acceptors (Lipinski definition) is 24. The maximum absolute atomic E-state index is 3.82. The molecule has 0 spiro atoms. The summed E-state index contributed by atoms with van der Waals surface area (Å²) in [5.74, 6) is 1.02. The molecule has 0 aromatic carbocycles. The van der Waals surface area contributed by atoms with E-state index in [1.165, 1.54) is 0 Å². The van der Waals surface area contributed by atoms with E-state index in [0.29, 0.717) is 0 Å². The molecule has 6 rings (SSSR count). The zero-order valence-electron chi connectivity index (χ0n) is 15.1. The van der Waals surface area contributed by atoms with Crippen LogP contribution < -0.4 is 11.1 Å². The maximum atomic E-state index is 3.82. The average molecular weight is 493 g/mol. The molecule has 33 heavy (non-hydrogen) atoms. The van der Waals surface area contributed by atoms with E-state index in [1.807, 2.05) is 0 Å². The third-order valence-corrected chi connectivity index (χ3v) is 3.06. The van der Waals surface area contributed by atoms with E-state index in [0.717, 1.165) is 10.2 Å². The van der Waals surface area contributed by atoms with Crippen molar-refractivity contribution in [2.24, 2.45) is 114 Å². The van der Waals surface area contributed by atoms with Gasteiger partial charge in [-0.05, 0) is 62.7 Å². The Balaban J connectivity index is 0.000000198. The predicted molar refractivity (Wildman–Crippen MR) is 84.4 cm³/mol. The molecule has 0 aromatic heterocycles. The molecule has 0 aromatic rings. The topological polar surface area (TPSA) is 302 Å². The molecule has 1 radical (unpaired) electrons. The van der Waals surface area contributed by atoms with Gasteiger partial charge in [0.15, 0.2) is 0 Å². The molecular weight excluding hydrogens is 491 g/mol. The summed E-state index contributed by atoms with van der Waals surface area (Å²) in [4.78, 5) is 0. The van der Waals surface area contributed by atoms with Gasteiger partial charge in [-0.2, -0.15) is 11.1 Å². The number of nitrogens with zero attached hydrogens (tertiary/aromatic N) is 24. The van der Waals surface area contributed by atoms with Crippen molar-refractivity contribution < 1.29 is 17.1 Å². The van der Waals surface area contributed by atoms with Crippen LogP contribution in [-0.4, -0.2) is 10.2 Å². The molecule has 27 heteroatoms. The second-order valence-corrected chi connectivity index (χ2v) is 4.86. The van der Waals surface area contributed by atoms with Gasteiger partial charge in [0.2, 0.25) is 34.9 Å². The SMILES string of the molecule is N1=NC(=C2N=NN=N2)N=N1.N1=NC(=C2N=NNN2N=NN2NN=NC2=C2N=NN=N2)N=N1.[Mn]. The van der Waals surface area contributed by atoms with Crippen molar-refractivity contribution in [3.63, 3.8) is 0 Å². The van der Waals surface area contributed by atoms with Crippen LogP contribution in [0.25, 0.3) is 0 Å². The summed E-state index contributed by atoms with van der Waals surface area (Å²) in [5.41, 5.74) is 4.89. The summed E-state index contributed by atoms with van der Waals surface area (Å²) < 4.78 is 0. The summed E-state index contributed by atoms with van der Waals surface area (Å²) in [5, 5.41) is 79.1. The zero-order chi connectivity index (χ0) is 21.6. The fourth-order valence-corrected chi connectivity index (χ4v) is 1.82. The Kier molecular flexibility index (Phi) is 6.03. The van der Waals surface area contributed by atoms with Crippen molar-refractivity contribution in [3.8, 4) is 0 Å². The number of hydrazine groups is 2. The molecule has 0 bridgehead atoms.